The first-order chi connectivity index (χ1) is 11.6. The van der Waals surface area contributed by atoms with Crippen LogP contribution in [0.3, 0.4) is 0 Å². The van der Waals surface area contributed by atoms with Crippen LogP contribution >= 0.6 is 22.6 Å². The molecular formula is C17H17IN2O4. The quantitative estimate of drug-likeness (QED) is 0.409. The Morgan fingerprint density at radius 2 is 1.79 bits per heavy atom. The number of halogens is 1. The van der Waals surface area contributed by atoms with Crippen molar-refractivity contribution < 1.29 is 19.0 Å². The Hall–Kier alpha value is -2.29. The molecule has 1 amide bonds. The summed E-state index contributed by atoms with van der Waals surface area (Å²) in [5.74, 6) is 1.77. The van der Waals surface area contributed by atoms with Crippen molar-refractivity contribution in [3.05, 3.63) is 51.6 Å². The monoisotopic (exact) mass is 440 g/mol. The normalized spacial score (nSPS) is 10.5. The second-order valence-corrected chi connectivity index (χ2v) is 5.81. The Labute approximate surface area is 153 Å². The first kappa shape index (κ1) is 18.1. The van der Waals surface area contributed by atoms with Crippen molar-refractivity contribution in [2.45, 2.75) is 0 Å². The van der Waals surface area contributed by atoms with Gasteiger partial charge in [0.2, 0.25) is 0 Å². The van der Waals surface area contributed by atoms with Gasteiger partial charge in [-0.05, 0) is 70.6 Å². The maximum absolute atomic E-state index is 11.7. The first-order valence-electron chi connectivity index (χ1n) is 7.04. The van der Waals surface area contributed by atoms with Crippen molar-refractivity contribution >= 4 is 34.7 Å². The van der Waals surface area contributed by atoms with E-state index in [0.717, 1.165) is 20.6 Å². The highest BCUT2D eigenvalue weighted by Crippen LogP contribution is 2.25. The van der Waals surface area contributed by atoms with E-state index in [1.165, 1.54) is 0 Å². The zero-order chi connectivity index (χ0) is 17.4. The SMILES string of the molecule is COc1ccc(C=NNC(=O)COc2ccc(OC)cc2I)cc1. The van der Waals surface area contributed by atoms with Crippen molar-refractivity contribution in [2.75, 3.05) is 20.8 Å². The van der Waals surface area contributed by atoms with Crippen molar-refractivity contribution in [1.29, 1.82) is 0 Å². The molecule has 0 atom stereocenters. The van der Waals surface area contributed by atoms with Crippen molar-refractivity contribution in [1.82, 2.24) is 5.43 Å². The fourth-order valence-electron chi connectivity index (χ4n) is 1.77. The average molecular weight is 440 g/mol. The summed E-state index contributed by atoms with van der Waals surface area (Å²) >= 11 is 2.12. The minimum Gasteiger partial charge on any atom is -0.497 e. The van der Waals surface area contributed by atoms with Gasteiger partial charge in [0.25, 0.3) is 5.91 Å². The molecule has 0 aliphatic carbocycles. The fraction of sp³-hybridized carbons (Fsp3) is 0.176. The number of rotatable bonds is 7. The Morgan fingerprint density at radius 3 is 2.42 bits per heavy atom. The number of nitrogens with one attached hydrogen (secondary N) is 1. The van der Waals surface area contributed by atoms with E-state index in [4.69, 9.17) is 14.2 Å². The number of hydrazone groups is 1. The minimum absolute atomic E-state index is 0.123. The minimum atomic E-state index is -0.341. The molecule has 126 valence electrons. The Bertz CT molecular complexity index is 717. The molecule has 0 heterocycles. The largest absolute Gasteiger partial charge is 0.497 e. The van der Waals surface area contributed by atoms with Gasteiger partial charge in [0.1, 0.15) is 17.2 Å². The molecule has 2 aromatic rings. The van der Waals surface area contributed by atoms with Crippen LogP contribution in [0.1, 0.15) is 5.56 Å². The van der Waals surface area contributed by atoms with E-state index in [2.05, 4.69) is 33.1 Å². The summed E-state index contributed by atoms with van der Waals surface area (Å²) in [6.45, 7) is -0.123. The molecule has 0 radical (unpaired) electrons. The lowest BCUT2D eigenvalue weighted by atomic mass is 10.2. The second-order valence-electron chi connectivity index (χ2n) is 4.65. The summed E-state index contributed by atoms with van der Waals surface area (Å²) in [6.07, 6.45) is 1.55. The lowest BCUT2D eigenvalue weighted by Gasteiger charge is -2.08. The first-order valence-corrected chi connectivity index (χ1v) is 8.12. The highest BCUT2D eigenvalue weighted by atomic mass is 127. The van der Waals surface area contributed by atoms with Crippen molar-refractivity contribution in [3.8, 4) is 17.2 Å². The van der Waals surface area contributed by atoms with E-state index in [9.17, 15) is 4.79 Å². The van der Waals surface area contributed by atoms with Crippen LogP contribution in [0, 0.1) is 3.57 Å². The van der Waals surface area contributed by atoms with Gasteiger partial charge in [-0.3, -0.25) is 4.79 Å². The number of amides is 1. The number of ether oxygens (including phenoxy) is 3. The van der Waals surface area contributed by atoms with Crippen LogP contribution in [0.2, 0.25) is 0 Å². The number of hydrogen-bond donors (Lipinski definition) is 1. The molecule has 0 spiro atoms. The maximum atomic E-state index is 11.7. The number of benzene rings is 2. The number of carbonyl (C=O) groups excluding carboxylic acids is 1. The van der Waals surface area contributed by atoms with E-state index < -0.39 is 0 Å². The van der Waals surface area contributed by atoms with Crippen molar-refractivity contribution in [3.63, 3.8) is 0 Å². The summed E-state index contributed by atoms with van der Waals surface area (Å²) in [6, 6.07) is 12.7. The lowest BCUT2D eigenvalue weighted by molar-refractivity contribution is -0.123. The second kappa shape index (κ2) is 9.11. The highest BCUT2D eigenvalue weighted by molar-refractivity contribution is 14.1. The third-order valence-electron chi connectivity index (χ3n) is 3.02. The lowest BCUT2D eigenvalue weighted by Crippen LogP contribution is -2.24. The van der Waals surface area contributed by atoms with E-state index in [1.54, 1.807) is 32.6 Å². The van der Waals surface area contributed by atoms with E-state index in [-0.39, 0.29) is 12.5 Å². The molecule has 0 aliphatic rings. The zero-order valence-corrected chi connectivity index (χ0v) is 15.4. The van der Waals surface area contributed by atoms with Crippen LogP contribution < -0.4 is 19.6 Å². The molecule has 7 heteroatoms. The van der Waals surface area contributed by atoms with Crippen molar-refractivity contribution in [2.24, 2.45) is 5.10 Å². The Balaban J connectivity index is 1.81. The number of hydrogen-bond acceptors (Lipinski definition) is 5. The molecule has 2 aromatic carbocycles. The van der Waals surface area contributed by atoms with Gasteiger partial charge in [-0.1, -0.05) is 0 Å². The predicted octanol–water partition coefficient (Wildman–Crippen LogP) is 2.84. The topological polar surface area (TPSA) is 69.2 Å². The van der Waals surface area contributed by atoms with Gasteiger partial charge in [-0.15, -0.1) is 0 Å². The molecule has 0 saturated carbocycles. The van der Waals surface area contributed by atoms with Crippen LogP contribution in [0.15, 0.2) is 47.6 Å². The molecule has 0 unspecified atom stereocenters. The van der Waals surface area contributed by atoms with Gasteiger partial charge in [0, 0.05) is 0 Å². The van der Waals surface area contributed by atoms with Crippen LogP contribution in [0.4, 0.5) is 0 Å². The van der Waals surface area contributed by atoms with E-state index >= 15 is 0 Å². The fourth-order valence-corrected chi connectivity index (χ4v) is 2.41. The zero-order valence-electron chi connectivity index (χ0n) is 13.3. The van der Waals surface area contributed by atoms with E-state index in [0.29, 0.717) is 5.75 Å². The molecule has 0 saturated heterocycles. The molecule has 24 heavy (non-hydrogen) atoms. The Morgan fingerprint density at radius 1 is 1.12 bits per heavy atom. The predicted molar refractivity (Wildman–Crippen MR) is 99.9 cm³/mol. The van der Waals surface area contributed by atoms with Crippen LogP contribution in [0.25, 0.3) is 0 Å². The van der Waals surface area contributed by atoms with E-state index in [1.807, 2.05) is 30.3 Å². The van der Waals surface area contributed by atoms with Crippen LogP contribution in [0.5, 0.6) is 17.2 Å². The molecule has 0 aromatic heterocycles. The Kier molecular flexibility index (Phi) is 6.86. The van der Waals surface area contributed by atoms with Gasteiger partial charge in [-0.25, -0.2) is 5.43 Å². The molecule has 0 aliphatic heterocycles. The summed E-state index contributed by atoms with van der Waals surface area (Å²) in [5.41, 5.74) is 3.27. The smallest absolute Gasteiger partial charge is 0.277 e. The molecule has 2 rings (SSSR count). The van der Waals surface area contributed by atoms with Crippen LogP contribution in [-0.4, -0.2) is 32.9 Å². The number of methoxy groups -OCH3 is 2. The summed E-state index contributed by atoms with van der Waals surface area (Å²) < 4.78 is 16.5. The maximum Gasteiger partial charge on any atom is 0.277 e. The number of carbonyl (C=O) groups is 1. The van der Waals surface area contributed by atoms with Gasteiger partial charge in [0.15, 0.2) is 6.61 Å². The van der Waals surface area contributed by atoms with Crippen LogP contribution in [-0.2, 0) is 4.79 Å². The van der Waals surface area contributed by atoms with Gasteiger partial charge >= 0.3 is 0 Å². The number of nitrogens with zero attached hydrogens (tertiary/aromatic N) is 1. The third-order valence-corrected chi connectivity index (χ3v) is 3.86. The molecule has 0 fully saturated rings. The highest BCUT2D eigenvalue weighted by Gasteiger charge is 2.06. The third kappa shape index (κ3) is 5.41. The van der Waals surface area contributed by atoms with Gasteiger partial charge in [-0.2, -0.15) is 5.10 Å². The average Bonchev–Trinajstić information content (AvgIpc) is 2.61. The standard InChI is InChI=1S/C17H17IN2O4/c1-22-13-5-3-12(4-6-13)10-19-20-17(21)11-24-16-8-7-14(23-2)9-15(16)18/h3-10H,11H2,1-2H3,(H,20,21). The summed E-state index contributed by atoms with van der Waals surface area (Å²) in [5, 5.41) is 3.89. The molecule has 1 N–H and O–H groups in total. The molecular weight excluding hydrogens is 423 g/mol. The summed E-state index contributed by atoms with van der Waals surface area (Å²) in [7, 11) is 3.20. The summed E-state index contributed by atoms with van der Waals surface area (Å²) in [4.78, 5) is 11.7. The van der Waals surface area contributed by atoms with Gasteiger partial charge in [0.05, 0.1) is 24.0 Å². The van der Waals surface area contributed by atoms with Gasteiger partial charge < -0.3 is 14.2 Å². The molecule has 6 nitrogen and oxygen atoms in total. The molecule has 0 bridgehead atoms.